The molecule has 0 bridgehead atoms. The van der Waals surface area contributed by atoms with E-state index in [1.807, 2.05) is 29.2 Å². The average Bonchev–Trinajstić information content (AvgIpc) is 2.95. The van der Waals surface area contributed by atoms with Gasteiger partial charge in [0.1, 0.15) is 0 Å². The standard InChI is InChI=1S/C23H28N2O3/c1-16-9-7-8-14-25(16)21(26)15-28-23(27)22-17-10-3-2-4-12-19(17)24-20-13-6-5-11-18(20)22/h5-6,11,13,16H,2-4,7-10,12,14-15H2,1H3/t16-/m1/s1. The number of benzene rings is 1. The van der Waals surface area contributed by atoms with Crippen molar-refractivity contribution in [3.63, 3.8) is 0 Å². The number of esters is 1. The number of hydrogen-bond acceptors (Lipinski definition) is 4. The zero-order chi connectivity index (χ0) is 19.5. The summed E-state index contributed by atoms with van der Waals surface area (Å²) in [5.74, 6) is -0.486. The first-order valence-electron chi connectivity index (χ1n) is 10.5. The third-order valence-electron chi connectivity index (χ3n) is 6.07. The zero-order valence-corrected chi connectivity index (χ0v) is 16.6. The molecule has 0 saturated carbocycles. The normalized spacial score (nSPS) is 19.8. The molecular formula is C23H28N2O3. The molecule has 28 heavy (non-hydrogen) atoms. The predicted octanol–water partition coefficient (Wildman–Crippen LogP) is 4.06. The number of amides is 1. The van der Waals surface area contributed by atoms with E-state index in [4.69, 9.17) is 9.72 Å². The van der Waals surface area contributed by atoms with Crippen LogP contribution in [0.3, 0.4) is 0 Å². The summed E-state index contributed by atoms with van der Waals surface area (Å²) in [6.45, 7) is 2.63. The molecule has 2 aliphatic rings. The maximum absolute atomic E-state index is 13.1. The van der Waals surface area contributed by atoms with E-state index in [0.717, 1.165) is 80.1 Å². The van der Waals surface area contributed by atoms with Gasteiger partial charge in [-0.2, -0.15) is 0 Å². The predicted molar refractivity (Wildman–Crippen MR) is 108 cm³/mol. The molecule has 0 radical (unpaired) electrons. The third-order valence-corrected chi connectivity index (χ3v) is 6.07. The number of aromatic nitrogens is 1. The van der Waals surface area contributed by atoms with E-state index in [9.17, 15) is 9.59 Å². The highest BCUT2D eigenvalue weighted by Crippen LogP contribution is 2.29. The summed E-state index contributed by atoms with van der Waals surface area (Å²) in [5, 5.41) is 0.826. The topological polar surface area (TPSA) is 59.5 Å². The monoisotopic (exact) mass is 380 g/mol. The lowest BCUT2D eigenvalue weighted by atomic mass is 9.97. The SMILES string of the molecule is C[C@@H]1CCCCN1C(=O)COC(=O)c1c2c(nc3ccccc13)CCCCC2. The molecule has 4 rings (SSSR count). The van der Waals surface area contributed by atoms with Crippen LogP contribution in [-0.2, 0) is 22.4 Å². The van der Waals surface area contributed by atoms with Crippen LogP contribution in [0.2, 0.25) is 0 Å². The minimum atomic E-state index is -0.394. The van der Waals surface area contributed by atoms with E-state index in [1.54, 1.807) is 0 Å². The Labute approximate surface area is 166 Å². The Bertz CT molecular complexity index is 893. The molecule has 1 atom stereocenters. The minimum absolute atomic E-state index is 0.0926. The summed E-state index contributed by atoms with van der Waals surface area (Å²) in [5.41, 5.74) is 3.46. The highest BCUT2D eigenvalue weighted by molar-refractivity contribution is 6.05. The number of ether oxygens (including phenoxy) is 1. The van der Waals surface area contributed by atoms with Crippen LogP contribution in [-0.4, -0.2) is 41.0 Å². The Kier molecular flexibility index (Phi) is 5.60. The van der Waals surface area contributed by atoms with E-state index >= 15 is 0 Å². The van der Waals surface area contributed by atoms with Crippen LogP contribution in [0.1, 0.15) is 67.1 Å². The van der Waals surface area contributed by atoms with Gasteiger partial charge < -0.3 is 9.64 Å². The molecule has 1 aromatic heterocycles. The van der Waals surface area contributed by atoms with Gasteiger partial charge in [0.15, 0.2) is 6.61 Å². The molecule has 1 aromatic carbocycles. The van der Waals surface area contributed by atoms with Crippen LogP contribution in [0.5, 0.6) is 0 Å². The highest BCUT2D eigenvalue weighted by Gasteiger charge is 2.26. The first-order valence-corrected chi connectivity index (χ1v) is 10.5. The average molecular weight is 380 g/mol. The van der Waals surface area contributed by atoms with Crippen molar-refractivity contribution >= 4 is 22.8 Å². The summed E-state index contributed by atoms with van der Waals surface area (Å²) in [6, 6.07) is 7.95. The van der Waals surface area contributed by atoms with Crippen LogP contribution >= 0.6 is 0 Å². The van der Waals surface area contributed by atoms with Crippen LogP contribution in [0.15, 0.2) is 24.3 Å². The maximum Gasteiger partial charge on any atom is 0.339 e. The number of carbonyl (C=O) groups excluding carboxylic acids is 2. The number of pyridine rings is 1. The number of carbonyl (C=O) groups is 2. The molecule has 2 heterocycles. The molecule has 0 N–H and O–H groups in total. The number of piperidine rings is 1. The van der Waals surface area contributed by atoms with Crippen LogP contribution < -0.4 is 0 Å². The Morgan fingerprint density at radius 1 is 1.11 bits per heavy atom. The molecule has 5 heteroatoms. The minimum Gasteiger partial charge on any atom is -0.452 e. The van der Waals surface area contributed by atoms with Gasteiger partial charge >= 0.3 is 5.97 Å². The van der Waals surface area contributed by atoms with Gasteiger partial charge in [0.25, 0.3) is 5.91 Å². The third kappa shape index (κ3) is 3.75. The van der Waals surface area contributed by atoms with Crippen LogP contribution in [0.4, 0.5) is 0 Å². The number of fused-ring (bicyclic) bond motifs is 2. The fraction of sp³-hybridized carbons (Fsp3) is 0.522. The summed E-state index contributed by atoms with van der Waals surface area (Å²) in [4.78, 5) is 32.3. The van der Waals surface area contributed by atoms with E-state index in [2.05, 4.69) is 6.92 Å². The van der Waals surface area contributed by atoms with Gasteiger partial charge in [-0.25, -0.2) is 4.79 Å². The molecule has 1 amide bonds. The molecule has 1 aliphatic carbocycles. The Morgan fingerprint density at radius 2 is 1.93 bits per heavy atom. The number of likely N-dealkylation sites (tertiary alicyclic amines) is 1. The van der Waals surface area contributed by atoms with E-state index in [-0.39, 0.29) is 18.6 Å². The fourth-order valence-corrected chi connectivity index (χ4v) is 4.53. The second-order valence-corrected chi connectivity index (χ2v) is 8.00. The van der Waals surface area contributed by atoms with Gasteiger partial charge in [0.2, 0.25) is 0 Å². The van der Waals surface area contributed by atoms with Crippen molar-refractivity contribution in [1.82, 2.24) is 9.88 Å². The smallest absolute Gasteiger partial charge is 0.339 e. The van der Waals surface area contributed by atoms with Gasteiger partial charge in [0.05, 0.1) is 11.1 Å². The van der Waals surface area contributed by atoms with Crippen molar-refractivity contribution in [1.29, 1.82) is 0 Å². The van der Waals surface area contributed by atoms with Gasteiger partial charge in [-0.1, -0.05) is 24.6 Å². The molecule has 2 aromatic rings. The van der Waals surface area contributed by atoms with Gasteiger partial charge in [-0.3, -0.25) is 9.78 Å². The molecule has 0 unspecified atom stereocenters. The lowest BCUT2D eigenvalue weighted by molar-refractivity contribution is -0.137. The van der Waals surface area contributed by atoms with Gasteiger partial charge in [0, 0.05) is 23.7 Å². The number of hydrogen-bond donors (Lipinski definition) is 0. The quantitative estimate of drug-likeness (QED) is 0.595. The Morgan fingerprint density at radius 3 is 2.79 bits per heavy atom. The summed E-state index contributed by atoms with van der Waals surface area (Å²) in [7, 11) is 0. The van der Waals surface area contributed by atoms with E-state index in [0.29, 0.717) is 5.56 Å². The fourth-order valence-electron chi connectivity index (χ4n) is 4.53. The lowest BCUT2D eigenvalue weighted by Gasteiger charge is -2.33. The van der Waals surface area contributed by atoms with Crippen molar-refractivity contribution in [3.05, 3.63) is 41.1 Å². The largest absolute Gasteiger partial charge is 0.452 e. The van der Waals surface area contributed by atoms with Gasteiger partial charge in [-0.05, 0) is 63.5 Å². The molecule has 1 aliphatic heterocycles. The van der Waals surface area contributed by atoms with Crippen molar-refractivity contribution in [2.75, 3.05) is 13.2 Å². The Balaban J connectivity index is 1.60. The first-order chi connectivity index (χ1) is 13.6. The van der Waals surface area contributed by atoms with E-state index in [1.165, 1.54) is 0 Å². The molecule has 1 saturated heterocycles. The summed E-state index contributed by atoms with van der Waals surface area (Å²) in [6.07, 6.45) is 8.22. The van der Waals surface area contributed by atoms with Crippen LogP contribution in [0, 0.1) is 0 Å². The second kappa shape index (κ2) is 8.29. The van der Waals surface area contributed by atoms with E-state index < -0.39 is 5.97 Å². The highest BCUT2D eigenvalue weighted by atomic mass is 16.5. The van der Waals surface area contributed by atoms with Crippen molar-refractivity contribution in [2.24, 2.45) is 0 Å². The number of para-hydroxylation sites is 1. The van der Waals surface area contributed by atoms with Crippen molar-refractivity contribution < 1.29 is 14.3 Å². The summed E-state index contributed by atoms with van der Waals surface area (Å²) < 4.78 is 5.55. The lowest BCUT2D eigenvalue weighted by Crippen LogP contribution is -2.44. The number of rotatable bonds is 3. The van der Waals surface area contributed by atoms with Crippen molar-refractivity contribution in [3.8, 4) is 0 Å². The molecular weight excluding hydrogens is 352 g/mol. The Hall–Kier alpha value is -2.43. The number of aryl methyl sites for hydroxylation is 1. The summed E-state index contributed by atoms with van der Waals surface area (Å²) >= 11 is 0. The van der Waals surface area contributed by atoms with Crippen LogP contribution in [0.25, 0.3) is 10.9 Å². The van der Waals surface area contributed by atoms with Gasteiger partial charge in [-0.15, -0.1) is 0 Å². The molecule has 148 valence electrons. The first kappa shape index (κ1) is 18.9. The molecule has 0 spiro atoms. The molecule has 5 nitrogen and oxygen atoms in total. The maximum atomic E-state index is 13.1. The van der Waals surface area contributed by atoms with Crippen molar-refractivity contribution in [2.45, 2.75) is 64.3 Å². The number of nitrogens with zero attached hydrogens (tertiary/aromatic N) is 2. The second-order valence-electron chi connectivity index (χ2n) is 8.00. The zero-order valence-electron chi connectivity index (χ0n) is 16.6. The molecule has 1 fully saturated rings.